The van der Waals surface area contributed by atoms with E-state index in [1.807, 2.05) is 10.1 Å². The Hall–Kier alpha value is -1.90. The maximum atomic E-state index is 11.3. The van der Waals surface area contributed by atoms with E-state index in [1.165, 1.54) is 6.92 Å². The highest BCUT2D eigenvalue weighted by atomic mass is 32.2. The van der Waals surface area contributed by atoms with Crippen LogP contribution in [0.1, 0.15) is 6.92 Å². The average Bonchev–Trinajstić information content (AvgIpc) is 2.26. The van der Waals surface area contributed by atoms with Crippen LogP contribution in [0, 0.1) is 0 Å². The van der Waals surface area contributed by atoms with Gasteiger partial charge in [-0.25, -0.2) is 9.89 Å². The topological polar surface area (TPSA) is 122 Å². The number of aromatic nitrogens is 3. The fraction of sp³-hybridized carbons (Fsp3) is 0.375. The Morgan fingerprint density at radius 1 is 1.41 bits per heavy atom. The van der Waals surface area contributed by atoms with E-state index >= 15 is 0 Å². The number of H-pyrrole nitrogens is 2. The maximum absolute atomic E-state index is 11.3. The highest BCUT2D eigenvalue weighted by Crippen LogP contribution is 2.18. The van der Waals surface area contributed by atoms with Crippen molar-refractivity contribution in [1.82, 2.24) is 15.2 Å². The number of aromatic amines is 2. The molecule has 0 aliphatic rings. The summed E-state index contributed by atoms with van der Waals surface area (Å²) >= 11 is 0.616. The Balaban J connectivity index is 3.02. The SMILES string of the molecule is COC(=O)C(Sc1n[nH]c(=O)[nH]c1=O)C(C)=O. The van der Waals surface area contributed by atoms with Crippen LogP contribution >= 0.6 is 11.8 Å². The third-order valence-corrected chi connectivity index (χ3v) is 2.95. The fourth-order valence-electron chi connectivity index (χ4n) is 0.932. The van der Waals surface area contributed by atoms with E-state index < -0.39 is 28.3 Å². The first-order valence-corrected chi connectivity index (χ1v) is 5.27. The molecular weight excluding hydrogens is 250 g/mol. The summed E-state index contributed by atoms with van der Waals surface area (Å²) in [6.07, 6.45) is 0. The molecule has 1 atom stereocenters. The summed E-state index contributed by atoms with van der Waals surface area (Å²) in [7, 11) is 1.13. The molecule has 1 rings (SSSR count). The number of ether oxygens (including phenoxy) is 1. The van der Waals surface area contributed by atoms with Gasteiger partial charge in [0.2, 0.25) is 0 Å². The van der Waals surface area contributed by atoms with Gasteiger partial charge in [-0.15, -0.1) is 0 Å². The Morgan fingerprint density at radius 2 is 2.06 bits per heavy atom. The third kappa shape index (κ3) is 3.28. The minimum absolute atomic E-state index is 0.185. The Bertz CT molecular complexity index is 549. The van der Waals surface area contributed by atoms with Crippen molar-refractivity contribution in [3.63, 3.8) is 0 Å². The zero-order valence-electron chi connectivity index (χ0n) is 8.97. The number of Topliss-reactive ketones (excluding diaryl/α,β-unsaturated/α-hetero) is 1. The first-order chi connectivity index (χ1) is 7.95. The van der Waals surface area contributed by atoms with Gasteiger partial charge in [0.25, 0.3) is 5.56 Å². The Labute approximate surface area is 98.8 Å². The largest absolute Gasteiger partial charge is 0.468 e. The molecule has 0 saturated heterocycles. The van der Waals surface area contributed by atoms with Gasteiger partial charge in [0.05, 0.1) is 7.11 Å². The monoisotopic (exact) mass is 259 g/mol. The second-order valence-electron chi connectivity index (χ2n) is 2.94. The molecule has 1 unspecified atom stereocenters. The van der Waals surface area contributed by atoms with Crippen molar-refractivity contribution in [1.29, 1.82) is 0 Å². The van der Waals surface area contributed by atoms with Gasteiger partial charge in [0, 0.05) is 0 Å². The molecular formula is C8H9N3O5S. The molecule has 0 amide bonds. The lowest BCUT2D eigenvalue weighted by Crippen LogP contribution is -2.30. The lowest BCUT2D eigenvalue weighted by atomic mass is 10.3. The van der Waals surface area contributed by atoms with Gasteiger partial charge in [-0.05, 0) is 6.92 Å². The number of hydrogen-bond donors (Lipinski definition) is 2. The summed E-state index contributed by atoms with van der Waals surface area (Å²) in [5, 5.41) is 4.07. The second kappa shape index (κ2) is 5.43. The van der Waals surface area contributed by atoms with Crippen LogP contribution in [-0.2, 0) is 14.3 Å². The molecule has 2 N–H and O–H groups in total. The van der Waals surface area contributed by atoms with Gasteiger partial charge in [-0.3, -0.25) is 19.4 Å². The third-order valence-electron chi connectivity index (χ3n) is 1.69. The molecule has 0 radical (unpaired) electrons. The number of nitrogens with zero attached hydrogens (tertiary/aromatic N) is 1. The van der Waals surface area contributed by atoms with E-state index in [0.717, 1.165) is 7.11 Å². The minimum Gasteiger partial charge on any atom is -0.468 e. The van der Waals surface area contributed by atoms with Gasteiger partial charge in [-0.2, -0.15) is 5.10 Å². The van der Waals surface area contributed by atoms with Crippen molar-refractivity contribution in [2.45, 2.75) is 17.2 Å². The summed E-state index contributed by atoms with van der Waals surface area (Å²) < 4.78 is 4.42. The summed E-state index contributed by atoms with van der Waals surface area (Å²) in [6.45, 7) is 1.19. The molecule has 9 heteroatoms. The van der Waals surface area contributed by atoms with Crippen LogP contribution in [0.5, 0.6) is 0 Å². The lowest BCUT2D eigenvalue weighted by molar-refractivity contribution is -0.142. The fourth-order valence-corrected chi connectivity index (χ4v) is 1.77. The number of thioether (sulfide) groups is 1. The van der Waals surface area contributed by atoms with Gasteiger partial charge in [0.15, 0.2) is 16.1 Å². The van der Waals surface area contributed by atoms with Crippen molar-refractivity contribution in [3.8, 4) is 0 Å². The number of rotatable bonds is 4. The molecule has 1 aromatic heterocycles. The van der Waals surface area contributed by atoms with Gasteiger partial charge in [0.1, 0.15) is 0 Å². The molecule has 0 aromatic carbocycles. The van der Waals surface area contributed by atoms with E-state index in [9.17, 15) is 19.2 Å². The molecule has 17 heavy (non-hydrogen) atoms. The number of carbonyl (C=O) groups is 2. The number of methoxy groups -OCH3 is 1. The van der Waals surface area contributed by atoms with Crippen LogP contribution in [0.25, 0.3) is 0 Å². The Morgan fingerprint density at radius 3 is 2.53 bits per heavy atom. The predicted octanol–water partition coefficient (Wildman–Crippen LogP) is -1.32. The van der Waals surface area contributed by atoms with Gasteiger partial charge in [-0.1, -0.05) is 11.8 Å². The van der Waals surface area contributed by atoms with Crippen LogP contribution in [0.3, 0.4) is 0 Å². The van der Waals surface area contributed by atoms with Crippen molar-refractivity contribution < 1.29 is 14.3 Å². The van der Waals surface area contributed by atoms with Crippen LogP contribution in [0.15, 0.2) is 14.6 Å². The molecule has 0 aliphatic heterocycles. The average molecular weight is 259 g/mol. The van der Waals surface area contributed by atoms with E-state index in [0.29, 0.717) is 11.8 Å². The zero-order valence-corrected chi connectivity index (χ0v) is 9.79. The standard InChI is InChI=1S/C8H9N3O5S/c1-3(12)4(7(14)16-2)17-6-5(13)9-8(15)11-10-6/h4H,1-2H3,(H2,9,11,13,15). The molecule has 92 valence electrons. The van der Waals surface area contributed by atoms with Crippen LogP contribution in [0.4, 0.5) is 0 Å². The smallest absolute Gasteiger partial charge is 0.342 e. The van der Waals surface area contributed by atoms with Crippen molar-refractivity contribution in [2.24, 2.45) is 0 Å². The minimum atomic E-state index is -1.18. The van der Waals surface area contributed by atoms with Gasteiger partial charge < -0.3 is 4.74 Å². The predicted molar refractivity (Wildman–Crippen MR) is 57.8 cm³/mol. The summed E-state index contributed by atoms with van der Waals surface area (Å²) in [4.78, 5) is 46.4. The molecule has 1 heterocycles. The molecule has 8 nitrogen and oxygen atoms in total. The molecule has 0 fully saturated rings. The first kappa shape index (κ1) is 13.2. The number of hydrogen-bond acceptors (Lipinski definition) is 7. The molecule has 0 saturated carbocycles. The lowest BCUT2D eigenvalue weighted by Gasteiger charge is -2.08. The molecule has 0 spiro atoms. The maximum Gasteiger partial charge on any atom is 0.342 e. The van der Waals surface area contributed by atoms with E-state index in [4.69, 9.17) is 0 Å². The van der Waals surface area contributed by atoms with Crippen molar-refractivity contribution in [3.05, 3.63) is 20.8 Å². The van der Waals surface area contributed by atoms with Crippen LogP contribution in [-0.4, -0.2) is 39.3 Å². The summed E-state index contributed by atoms with van der Waals surface area (Å²) in [5.41, 5.74) is -1.54. The quantitative estimate of drug-likeness (QED) is 0.390. The zero-order chi connectivity index (χ0) is 13.0. The number of ketones is 1. The van der Waals surface area contributed by atoms with E-state index in [-0.39, 0.29) is 5.03 Å². The molecule has 0 aliphatic carbocycles. The second-order valence-corrected chi connectivity index (χ2v) is 4.04. The number of carbonyl (C=O) groups excluding carboxylic acids is 2. The van der Waals surface area contributed by atoms with Crippen LogP contribution in [0.2, 0.25) is 0 Å². The van der Waals surface area contributed by atoms with Crippen molar-refractivity contribution >= 4 is 23.5 Å². The highest BCUT2D eigenvalue weighted by Gasteiger charge is 2.27. The van der Waals surface area contributed by atoms with Crippen LogP contribution < -0.4 is 11.2 Å². The summed E-state index contributed by atoms with van der Waals surface area (Å²) in [6, 6.07) is 0. The molecule has 1 aromatic rings. The highest BCUT2D eigenvalue weighted by molar-refractivity contribution is 8.01. The Kier molecular flexibility index (Phi) is 4.21. The van der Waals surface area contributed by atoms with E-state index in [1.54, 1.807) is 0 Å². The molecule has 0 bridgehead atoms. The van der Waals surface area contributed by atoms with E-state index in [2.05, 4.69) is 9.84 Å². The van der Waals surface area contributed by atoms with Gasteiger partial charge >= 0.3 is 11.7 Å². The van der Waals surface area contributed by atoms with Crippen molar-refractivity contribution in [2.75, 3.05) is 7.11 Å². The first-order valence-electron chi connectivity index (χ1n) is 4.39. The summed E-state index contributed by atoms with van der Waals surface area (Å²) in [5.74, 6) is -1.26. The normalized spacial score (nSPS) is 11.9. The number of nitrogens with one attached hydrogen (secondary N) is 2. The number of esters is 1.